The van der Waals surface area contributed by atoms with Crippen LogP contribution >= 0.6 is 0 Å². The van der Waals surface area contributed by atoms with Crippen LogP contribution in [0.25, 0.3) is 0 Å². The molecule has 0 N–H and O–H groups in total. The van der Waals surface area contributed by atoms with Gasteiger partial charge in [-0.1, -0.05) is 72.8 Å². The number of hydrogen-bond acceptors (Lipinski definition) is 2. The molecule has 4 rings (SSSR count). The molecule has 1 aliphatic rings. The molecule has 148 valence electrons. The van der Waals surface area contributed by atoms with Crippen LogP contribution in [0.4, 0.5) is 0 Å². The van der Waals surface area contributed by atoms with Gasteiger partial charge in [-0.25, -0.2) is 0 Å². The van der Waals surface area contributed by atoms with Crippen LogP contribution in [0.5, 0.6) is 5.75 Å². The van der Waals surface area contributed by atoms with Gasteiger partial charge < -0.3 is 9.64 Å². The van der Waals surface area contributed by atoms with Crippen LogP contribution in [-0.2, 0) is 24.2 Å². The van der Waals surface area contributed by atoms with Crippen molar-refractivity contribution in [2.75, 3.05) is 7.05 Å². The van der Waals surface area contributed by atoms with Crippen molar-refractivity contribution in [2.45, 2.75) is 31.9 Å². The van der Waals surface area contributed by atoms with E-state index < -0.39 is 0 Å². The maximum absolute atomic E-state index is 12.7. The Morgan fingerprint density at radius 3 is 2.03 bits per heavy atom. The summed E-state index contributed by atoms with van der Waals surface area (Å²) in [4.78, 5) is 14.6. The van der Waals surface area contributed by atoms with Crippen molar-refractivity contribution >= 4 is 5.91 Å². The number of likely N-dealkylation sites (tertiary alicyclic amines) is 1. The van der Waals surface area contributed by atoms with Crippen LogP contribution in [0.1, 0.15) is 23.1 Å². The van der Waals surface area contributed by atoms with E-state index >= 15 is 0 Å². The van der Waals surface area contributed by atoms with E-state index in [-0.39, 0.29) is 17.9 Å². The van der Waals surface area contributed by atoms with Crippen molar-refractivity contribution in [3.05, 3.63) is 102 Å². The minimum Gasteiger partial charge on any atom is -0.489 e. The molecule has 0 saturated carbocycles. The molecule has 0 aliphatic carbocycles. The number of nitrogens with zero attached hydrogens (tertiary/aromatic N) is 1. The average molecular weight is 386 g/mol. The van der Waals surface area contributed by atoms with Gasteiger partial charge in [-0.05, 0) is 48.1 Å². The van der Waals surface area contributed by atoms with E-state index in [1.54, 1.807) is 0 Å². The minimum absolute atomic E-state index is 0.0841. The monoisotopic (exact) mass is 385 g/mol. The van der Waals surface area contributed by atoms with Gasteiger partial charge in [0, 0.05) is 19.0 Å². The largest absolute Gasteiger partial charge is 0.489 e. The van der Waals surface area contributed by atoms with Gasteiger partial charge in [0.1, 0.15) is 12.4 Å². The summed E-state index contributed by atoms with van der Waals surface area (Å²) in [6, 6.07) is 29.0. The Labute approximate surface area is 172 Å². The topological polar surface area (TPSA) is 29.5 Å². The predicted octanol–water partition coefficient (Wildman–Crippen LogP) is 4.90. The first-order valence-electron chi connectivity index (χ1n) is 10.3. The number of benzene rings is 3. The first-order chi connectivity index (χ1) is 14.2. The number of rotatable bonds is 7. The molecular weight excluding hydrogens is 358 g/mol. The molecule has 2 atom stereocenters. The maximum Gasteiger partial charge on any atom is 0.226 e. The van der Waals surface area contributed by atoms with E-state index in [1.807, 2.05) is 60.5 Å². The Balaban J connectivity index is 1.33. The molecule has 3 aromatic carbocycles. The van der Waals surface area contributed by atoms with Gasteiger partial charge >= 0.3 is 0 Å². The number of carbonyl (C=O) groups excluding carboxylic acids is 1. The van der Waals surface area contributed by atoms with Gasteiger partial charge in [0.25, 0.3) is 0 Å². The van der Waals surface area contributed by atoms with E-state index in [1.165, 1.54) is 11.1 Å². The number of ether oxygens (including phenoxy) is 1. The molecule has 1 aliphatic heterocycles. The highest BCUT2D eigenvalue weighted by atomic mass is 16.5. The summed E-state index contributed by atoms with van der Waals surface area (Å²) in [5, 5.41) is 0. The van der Waals surface area contributed by atoms with Crippen molar-refractivity contribution in [2.24, 2.45) is 5.92 Å². The van der Waals surface area contributed by atoms with E-state index in [0.717, 1.165) is 30.6 Å². The van der Waals surface area contributed by atoms with Crippen LogP contribution in [0.2, 0.25) is 0 Å². The highest BCUT2D eigenvalue weighted by Crippen LogP contribution is 2.29. The van der Waals surface area contributed by atoms with E-state index in [2.05, 4.69) is 36.4 Å². The lowest BCUT2D eigenvalue weighted by atomic mass is 9.94. The molecule has 0 spiro atoms. The fraction of sp³-hybridized carbons (Fsp3) is 0.269. The number of carbonyl (C=O) groups is 1. The second-order valence-electron chi connectivity index (χ2n) is 7.85. The summed E-state index contributed by atoms with van der Waals surface area (Å²) in [5.74, 6) is 1.22. The fourth-order valence-electron chi connectivity index (χ4n) is 4.08. The molecule has 1 fully saturated rings. The van der Waals surface area contributed by atoms with E-state index in [9.17, 15) is 4.79 Å². The van der Waals surface area contributed by atoms with E-state index in [0.29, 0.717) is 6.61 Å². The fourth-order valence-corrected chi connectivity index (χ4v) is 4.08. The van der Waals surface area contributed by atoms with Gasteiger partial charge in [-0.3, -0.25) is 4.79 Å². The normalized spacial score (nSPS) is 18.8. The highest BCUT2D eigenvalue weighted by molar-refractivity contribution is 5.81. The van der Waals surface area contributed by atoms with Crippen molar-refractivity contribution in [1.82, 2.24) is 4.90 Å². The SMILES string of the molecule is CN1C(=O)C(Cc2ccccc2)C[C@@H]1Cc1ccc(OCc2ccccc2)cc1. The van der Waals surface area contributed by atoms with Gasteiger partial charge in [-0.15, -0.1) is 0 Å². The lowest BCUT2D eigenvalue weighted by molar-refractivity contribution is -0.130. The molecule has 0 radical (unpaired) electrons. The number of hydrogen-bond donors (Lipinski definition) is 0. The molecule has 1 saturated heterocycles. The standard InChI is InChI=1S/C26H27NO2/c1-27-24(18-23(26(27)28)16-20-8-4-2-5-9-20)17-21-12-14-25(15-13-21)29-19-22-10-6-3-7-11-22/h2-15,23-24H,16-19H2,1H3/t23?,24-/m0/s1. The van der Waals surface area contributed by atoms with Gasteiger partial charge in [-0.2, -0.15) is 0 Å². The molecule has 1 unspecified atom stereocenters. The van der Waals surface area contributed by atoms with Gasteiger partial charge in [0.15, 0.2) is 0 Å². The quantitative estimate of drug-likeness (QED) is 0.579. The molecule has 0 bridgehead atoms. The van der Waals surface area contributed by atoms with E-state index in [4.69, 9.17) is 4.74 Å². The molecular formula is C26H27NO2. The van der Waals surface area contributed by atoms with Gasteiger partial charge in [0.05, 0.1) is 0 Å². The predicted molar refractivity (Wildman–Crippen MR) is 116 cm³/mol. The lowest BCUT2D eigenvalue weighted by Gasteiger charge is -2.19. The third-order valence-electron chi connectivity index (χ3n) is 5.77. The molecule has 0 aromatic heterocycles. The van der Waals surface area contributed by atoms with Crippen molar-refractivity contribution in [3.8, 4) is 5.75 Å². The minimum atomic E-state index is 0.0841. The smallest absolute Gasteiger partial charge is 0.226 e. The Morgan fingerprint density at radius 2 is 1.38 bits per heavy atom. The van der Waals surface area contributed by atoms with Crippen LogP contribution < -0.4 is 4.74 Å². The third-order valence-corrected chi connectivity index (χ3v) is 5.77. The summed E-state index contributed by atoms with van der Waals surface area (Å²) in [5.41, 5.74) is 3.63. The van der Waals surface area contributed by atoms with Crippen LogP contribution in [-0.4, -0.2) is 23.9 Å². The van der Waals surface area contributed by atoms with Crippen LogP contribution in [0.3, 0.4) is 0 Å². The summed E-state index contributed by atoms with van der Waals surface area (Å²) < 4.78 is 5.87. The Kier molecular flexibility index (Phi) is 5.95. The van der Waals surface area contributed by atoms with Crippen LogP contribution in [0.15, 0.2) is 84.9 Å². The maximum atomic E-state index is 12.7. The zero-order valence-electron chi connectivity index (χ0n) is 16.8. The first kappa shape index (κ1) is 19.3. The number of amides is 1. The second kappa shape index (κ2) is 8.95. The molecule has 29 heavy (non-hydrogen) atoms. The molecule has 1 amide bonds. The van der Waals surface area contributed by atoms with Gasteiger partial charge in [0.2, 0.25) is 5.91 Å². The first-order valence-corrected chi connectivity index (χ1v) is 10.3. The summed E-state index contributed by atoms with van der Waals surface area (Å²) in [6.45, 7) is 0.571. The lowest BCUT2D eigenvalue weighted by Crippen LogP contribution is -2.31. The summed E-state index contributed by atoms with van der Waals surface area (Å²) in [6.07, 6.45) is 2.62. The Bertz CT molecular complexity index is 922. The Hall–Kier alpha value is -3.07. The summed E-state index contributed by atoms with van der Waals surface area (Å²) >= 11 is 0. The Morgan fingerprint density at radius 1 is 0.793 bits per heavy atom. The van der Waals surface area contributed by atoms with Crippen LogP contribution in [0, 0.1) is 5.92 Å². The van der Waals surface area contributed by atoms with Crippen molar-refractivity contribution < 1.29 is 9.53 Å². The highest BCUT2D eigenvalue weighted by Gasteiger charge is 2.36. The molecule has 1 heterocycles. The second-order valence-corrected chi connectivity index (χ2v) is 7.85. The number of likely N-dealkylation sites (N-methyl/N-ethyl adjacent to an activating group) is 1. The third kappa shape index (κ3) is 4.86. The van der Waals surface area contributed by atoms with Crippen molar-refractivity contribution in [1.29, 1.82) is 0 Å². The van der Waals surface area contributed by atoms with Crippen molar-refractivity contribution in [3.63, 3.8) is 0 Å². The summed E-state index contributed by atoms with van der Waals surface area (Å²) in [7, 11) is 1.94. The zero-order valence-corrected chi connectivity index (χ0v) is 16.8. The molecule has 3 nitrogen and oxygen atoms in total. The average Bonchev–Trinajstić information content (AvgIpc) is 3.02. The molecule has 3 aromatic rings. The zero-order chi connectivity index (χ0) is 20.1. The molecule has 3 heteroatoms.